The van der Waals surface area contributed by atoms with E-state index in [1.165, 1.54) is 11.6 Å². The van der Waals surface area contributed by atoms with Crippen LogP contribution in [-0.2, 0) is 13.0 Å². The summed E-state index contributed by atoms with van der Waals surface area (Å²) in [6, 6.07) is 13.3. The van der Waals surface area contributed by atoms with Crippen LogP contribution in [0.25, 0.3) is 11.1 Å². The lowest BCUT2D eigenvalue weighted by Crippen LogP contribution is -2.06. The molecule has 2 aromatic carbocycles. The van der Waals surface area contributed by atoms with Gasteiger partial charge in [-0.3, -0.25) is 0 Å². The van der Waals surface area contributed by atoms with Crippen LogP contribution in [0.5, 0.6) is 0 Å². The molecule has 0 aliphatic heterocycles. The van der Waals surface area contributed by atoms with Crippen LogP contribution in [-0.4, -0.2) is 7.05 Å². The van der Waals surface area contributed by atoms with E-state index >= 15 is 0 Å². The van der Waals surface area contributed by atoms with Gasteiger partial charge in [-0.25, -0.2) is 4.39 Å². The van der Waals surface area contributed by atoms with Gasteiger partial charge in [0.2, 0.25) is 0 Å². The molecule has 1 N–H and O–H groups in total. The smallest absolute Gasteiger partial charge is 0.123 e. The number of nitrogens with one attached hydrogen (secondary N) is 1. The highest BCUT2D eigenvalue weighted by Gasteiger charge is 2.06. The third kappa shape index (κ3) is 2.77. The van der Waals surface area contributed by atoms with Crippen molar-refractivity contribution >= 4 is 0 Å². The molecule has 0 heterocycles. The molecule has 0 fully saturated rings. The summed E-state index contributed by atoms with van der Waals surface area (Å²) in [7, 11) is 1.90. The molecule has 0 saturated heterocycles. The monoisotopic (exact) mass is 243 g/mol. The van der Waals surface area contributed by atoms with Crippen molar-refractivity contribution in [2.24, 2.45) is 0 Å². The Kier molecular flexibility index (Phi) is 4.11. The Balaban J connectivity index is 2.43. The zero-order valence-electron chi connectivity index (χ0n) is 10.8. The molecular formula is C16H18FN. The summed E-state index contributed by atoms with van der Waals surface area (Å²) in [4.78, 5) is 0. The van der Waals surface area contributed by atoms with Gasteiger partial charge < -0.3 is 5.32 Å². The van der Waals surface area contributed by atoms with Crippen molar-refractivity contribution in [2.75, 3.05) is 7.05 Å². The first-order valence-corrected chi connectivity index (χ1v) is 6.27. The summed E-state index contributed by atoms with van der Waals surface area (Å²) in [6.45, 7) is 2.87. The zero-order valence-corrected chi connectivity index (χ0v) is 10.8. The summed E-state index contributed by atoms with van der Waals surface area (Å²) in [5.74, 6) is -0.190. The maximum Gasteiger partial charge on any atom is 0.123 e. The van der Waals surface area contributed by atoms with Crippen molar-refractivity contribution in [1.29, 1.82) is 0 Å². The van der Waals surface area contributed by atoms with Gasteiger partial charge in [0.25, 0.3) is 0 Å². The molecule has 0 bridgehead atoms. The van der Waals surface area contributed by atoms with Gasteiger partial charge in [-0.05, 0) is 47.9 Å². The van der Waals surface area contributed by atoms with E-state index in [9.17, 15) is 4.39 Å². The minimum absolute atomic E-state index is 0.190. The van der Waals surface area contributed by atoms with Crippen molar-refractivity contribution in [1.82, 2.24) is 5.32 Å². The van der Waals surface area contributed by atoms with E-state index in [1.807, 2.05) is 13.1 Å². The molecule has 94 valence electrons. The van der Waals surface area contributed by atoms with E-state index in [1.54, 1.807) is 6.07 Å². The Morgan fingerprint density at radius 2 is 1.78 bits per heavy atom. The van der Waals surface area contributed by atoms with Crippen LogP contribution in [0.1, 0.15) is 18.1 Å². The molecule has 0 aliphatic rings. The van der Waals surface area contributed by atoms with Crippen LogP contribution in [0.15, 0.2) is 42.5 Å². The molecule has 1 nitrogen and oxygen atoms in total. The lowest BCUT2D eigenvalue weighted by atomic mass is 9.98. The maximum absolute atomic E-state index is 13.4. The standard InChI is InChI=1S/C16H18FN/c1-3-12-4-6-13(7-5-12)16-10-15(17)9-8-14(16)11-18-2/h4-10,18H,3,11H2,1-2H3. The number of rotatable bonds is 4. The van der Waals surface area contributed by atoms with Crippen LogP contribution in [0.2, 0.25) is 0 Å². The predicted molar refractivity (Wildman–Crippen MR) is 74.0 cm³/mol. The lowest BCUT2D eigenvalue weighted by Gasteiger charge is -2.10. The summed E-state index contributed by atoms with van der Waals surface area (Å²) >= 11 is 0. The zero-order chi connectivity index (χ0) is 13.0. The van der Waals surface area contributed by atoms with Crippen molar-refractivity contribution < 1.29 is 4.39 Å². The van der Waals surface area contributed by atoms with Crippen molar-refractivity contribution in [2.45, 2.75) is 19.9 Å². The molecule has 0 atom stereocenters. The molecule has 18 heavy (non-hydrogen) atoms. The van der Waals surface area contributed by atoms with E-state index < -0.39 is 0 Å². The molecule has 0 unspecified atom stereocenters. The topological polar surface area (TPSA) is 12.0 Å². The maximum atomic E-state index is 13.4. The van der Waals surface area contributed by atoms with E-state index in [0.29, 0.717) is 0 Å². The fourth-order valence-corrected chi connectivity index (χ4v) is 2.08. The molecule has 0 radical (unpaired) electrons. The third-order valence-electron chi connectivity index (χ3n) is 3.11. The highest BCUT2D eigenvalue weighted by Crippen LogP contribution is 2.25. The molecule has 2 aromatic rings. The van der Waals surface area contributed by atoms with Crippen molar-refractivity contribution in [3.05, 3.63) is 59.4 Å². The summed E-state index contributed by atoms with van der Waals surface area (Å²) in [6.07, 6.45) is 1.02. The second-order valence-electron chi connectivity index (χ2n) is 4.38. The van der Waals surface area contributed by atoms with Gasteiger partial charge in [0.05, 0.1) is 0 Å². The second kappa shape index (κ2) is 5.78. The first-order valence-electron chi connectivity index (χ1n) is 6.27. The molecule has 2 heteroatoms. The van der Waals surface area contributed by atoms with Crippen LogP contribution >= 0.6 is 0 Å². The lowest BCUT2D eigenvalue weighted by molar-refractivity contribution is 0.627. The molecule has 0 amide bonds. The fraction of sp³-hybridized carbons (Fsp3) is 0.250. The highest BCUT2D eigenvalue weighted by molar-refractivity contribution is 5.67. The molecule has 0 aromatic heterocycles. The van der Waals surface area contributed by atoms with Crippen molar-refractivity contribution in [3.63, 3.8) is 0 Å². The molecule has 0 saturated carbocycles. The normalized spacial score (nSPS) is 10.6. The largest absolute Gasteiger partial charge is 0.316 e. The Hall–Kier alpha value is -1.67. The quantitative estimate of drug-likeness (QED) is 0.861. The van der Waals surface area contributed by atoms with Gasteiger partial charge in [0.15, 0.2) is 0 Å². The van der Waals surface area contributed by atoms with Gasteiger partial charge >= 0.3 is 0 Å². The highest BCUT2D eigenvalue weighted by atomic mass is 19.1. The van der Waals surface area contributed by atoms with Gasteiger partial charge in [-0.2, -0.15) is 0 Å². The number of hydrogen-bond acceptors (Lipinski definition) is 1. The third-order valence-corrected chi connectivity index (χ3v) is 3.11. The van der Waals surface area contributed by atoms with Gasteiger partial charge in [0.1, 0.15) is 5.82 Å². The van der Waals surface area contributed by atoms with Gasteiger partial charge in [-0.15, -0.1) is 0 Å². The van der Waals surface area contributed by atoms with Crippen molar-refractivity contribution in [3.8, 4) is 11.1 Å². The molecule has 0 aliphatic carbocycles. The van der Waals surface area contributed by atoms with Crippen LogP contribution in [0.4, 0.5) is 4.39 Å². The molecule has 2 rings (SSSR count). The average molecular weight is 243 g/mol. The Bertz CT molecular complexity index is 517. The first-order chi connectivity index (χ1) is 8.74. The van der Waals surface area contributed by atoms with E-state index in [-0.39, 0.29) is 5.82 Å². The summed E-state index contributed by atoms with van der Waals surface area (Å²) in [5, 5.41) is 3.11. The number of benzene rings is 2. The Morgan fingerprint density at radius 3 is 2.39 bits per heavy atom. The van der Waals surface area contributed by atoms with E-state index in [4.69, 9.17) is 0 Å². The van der Waals surface area contributed by atoms with Crippen LogP contribution in [0, 0.1) is 5.82 Å². The van der Waals surface area contributed by atoms with E-state index in [0.717, 1.165) is 29.7 Å². The van der Waals surface area contributed by atoms with E-state index in [2.05, 4.69) is 36.5 Å². The number of halogens is 1. The number of aryl methyl sites for hydroxylation is 1. The summed E-state index contributed by atoms with van der Waals surface area (Å²) < 4.78 is 13.4. The van der Waals surface area contributed by atoms with Crippen LogP contribution in [0.3, 0.4) is 0 Å². The Labute approximate surface area is 108 Å². The first kappa shape index (κ1) is 12.8. The SMILES string of the molecule is CCc1ccc(-c2cc(F)ccc2CNC)cc1. The number of hydrogen-bond donors (Lipinski definition) is 1. The summed E-state index contributed by atoms with van der Waals surface area (Å²) in [5.41, 5.74) is 4.44. The van der Waals surface area contributed by atoms with Gasteiger partial charge in [-0.1, -0.05) is 37.3 Å². The average Bonchev–Trinajstić information content (AvgIpc) is 2.41. The van der Waals surface area contributed by atoms with Crippen LogP contribution < -0.4 is 5.32 Å². The minimum atomic E-state index is -0.190. The minimum Gasteiger partial charge on any atom is -0.316 e. The fourth-order valence-electron chi connectivity index (χ4n) is 2.08. The Morgan fingerprint density at radius 1 is 1.06 bits per heavy atom. The second-order valence-corrected chi connectivity index (χ2v) is 4.38. The molecular weight excluding hydrogens is 225 g/mol. The molecule has 0 spiro atoms. The predicted octanol–water partition coefficient (Wildman–Crippen LogP) is 3.77. The van der Waals surface area contributed by atoms with Gasteiger partial charge in [0, 0.05) is 6.54 Å².